The number of carbonyl (C=O) groups is 1. The topological polar surface area (TPSA) is 64.2 Å². The highest BCUT2D eigenvalue weighted by Crippen LogP contribution is 2.23. The van der Waals surface area contributed by atoms with Crippen molar-refractivity contribution in [3.05, 3.63) is 83.3 Å². The molecule has 140 valence electrons. The van der Waals surface area contributed by atoms with Crippen LogP contribution in [0.3, 0.4) is 0 Å². The van der Waals surface area contributed by atoms with Gasteiger partial charge in [-0.2, -0.15) is 0 Å². The van der Waals surface area contributed by atoms with Gasteiger partial charge in [0.2, 0.25) is 0 Å². The number of hydrogen-bond acceptors (Lipinski definition) is 4. The van der Waals surface area contributed by atoms with E-state index in [1.54, 1.807) is 6.33 Å². The molecule has 28 heavy (non-hydrogen) atoms. The summed E-state index contributed by atoms with van der Waals surface area (Å²) in [6.45, 7) is 1.11. The van der Waals surface area contributed by atoms with E-state index in [4.69, 9.17) is 4.42 Å². The molecule has 0 unspecified atom stereocenters. The second-order valence-corrected chi connectivity index (χ2v) is 7.18. The number of rotatable bonds is 3. The third-order valence-corrected chi connectivity index (χ3v) is 5.23. The summed E-state index contributed by atoms with van der Waals surface area (Å²) in [7, 11) is 1.95. The highest BCUT2D eigenvalue weighted by atomic mass is 16.4. The summed E-state index contributed by atoms with van der Waals surface area (Å²) < 4.78 is 7.89. The van der Waals surface area contributed by atoms with Crippen molar-refractivity contribution >= 4 is 16.9 Å². The first kappa shape index (κ1) is 16.7. The van der Waals surface area contributed by atoms with Crippen molar-refractivity contribution in [2.75, 3.05) is 6.54 Å². The zero-order valence-corrected chi connectivity index (χ0v) is 15.6. The van der Waals surface area contributed by atoms with Crippen LogP contribution in [0.1, 0.15) is 33.3 Å². The van der Waals surface area contributed by atoms with E-state index >= 15 is 0 Å². The Morgan fingerprint density at radius 2 is 2.04 bits per heavy atom. The number of hydrogen-bond donors (Lipinski definition) is 0. The lowest BCUT2D eigenvalue weighted by atomic mass is 10.1. The quantitative estimate of drug-likeness (QED) is 0.553. The lowest BCUT2D eigenvalue weighted by molar-refractivity contribution is 0.0728. The maximum absolute atomic E-state index is 13.0. The number of imidazole rings is 1. The Bertz CT molecular complexity index is 1160. The smallest absolute Gasteiger partial charge is 0.254 e. The fourth-order valence-electron chi connectivity index (χ4n) is 3.72. The zero-order chi connectivity index (χ0) is 19.1. The average Bonchev–Trinajstić information content (AvgIpc) is 3.30. The van der Waals surface area contributed by atoms with Crippen molar-refractivity contribution in [1.29, 1.82) is 0 Å². The highest BCUT2D eigenvalue weighted by molar-refractivity contribution is 5.97. The first-order chi connectivity index (χ1) is 13.7. The third-order valence-electron chi connectivity index (χ3n) is 5.23. The molecule has 0 bridgehead atoms. The molecule has 0 aliphatic carbocycles. The Morgan fingerprint density at radius 1 is 1.18 bits per heavy atom. The van der Waals surface area contributed by atoms with Gasteiger partial charge in [0.05, 0.1) is 23.9 Å². The maximum atomic E-state index is 13.0. The Kier molecular flexibility index (Phi) is 3.97. The number of amides is 1. The highest BCUT2D eigenvalue weighted by Gasteiger charge is 2.26. The molecule has 0 saturated heterocycles. The van der Waals surface area contributed by atoms with Crippen LogP contribution in [0.2, 0.25) is 0 Å². The van der Waals surface area contributed by atoms with Gasteiger partial charge in [0.1, 0.15) is 11.5 Å². The summed E-state index contributed by atoms with van der Waals surface area (Å²) in [4.78, 5) is 23.8. The normalized spacial score (nSPS) is 13.7. The number of nitrogens with zero attached hydrogens (tertiary/aromatic N) is 4. The molecule has 1 aliphatic rings. The van der Waals surface area contributed by atoms with Crippen LogP contribution >= 0.6 is 0 Å². The number of aryl methyl sites for hydroxylation is 1. The zero-order valence-electron chi connectivity index (χ0n) is 15.6. The van der Waals surface area contributed by atoms with Gasteiger partial charge in [0.15, 0.2) is 5.89 Å². The lowest BCUT2D eigenvalue weighted by Gasteiger charge is -2.25. The van der Waals surface area contributed by atoms with E-state index < -0.39 is 0 Å². The summed E-state index contributed by atoms with van der Waals surface area (Å²) in [5, 5.41) is 0. The molecule has 1 aliphatic heterocycles. The Balaban J connectivity index is 1.35. The second-order valence-electron chi connectivity index (χ2n) is 7.18. The molecular weight excluding hydrogens is 352 g/mol. The van der Waals surface area contributed by atoms with Crippen LogP contribution in [0.5, 0.6) is 0 Å². The van der Waals surface area contributed by atoms with Gasteiger partial charge in [-0.15, -0.1) is 0 Å². The molecule has 2 aromatic carbocycles. The summed E-state index contributed by atoms with van der Waals surface area (Å²) in [6.07, 6.45) is 3.11. The van der Waals surface area contributed by atoms with Crippen LogP contribution in [0.15, 0.2) is 59.3 Å². The van der Waals surface area contributed by atoms with Crippen LogP contribution in [0, 0.1) is 0 Å². The van der Waals surface area contributed by atoms with E-state index in [1.165, 1.54) is 0 Å². The van der Waals surface area contributed by atoms with Gasteiger partial charge in [-0.1, -0.05) is 30.3 Å². The Labute approximate surface area is 162 Å². The fourth-order valence-corrected chi connectivity index (χ4v) is 3.72. The van der Waals surface area contributed by atoms with Crippen LogP contribution in [-0.2, 0) is 26.4 Å². The predicted molar refractivity (Wildman–Crippen MR) is 105 cm³/mol. The molecule has 4 aromatic rings. The van der Waals surface area contributed by atoms with Crippen LogP contribution in [0.4, 0.5) is 0 Å². The first-order valence-corrected chi connectivity index (χ1v) is 9.39. The lowest BCUT2D eigenvalue weighted by Crippen LogP contribution is -2.35. The predicted octanol–water partition coefficient (Wildman–Crippen LogP) is 3.35. The van der Waals surface area contributed by atoms with Gasteiger partial charge in [0.25, 0.3) is 5.91 Å². The van der Waals surface area contributed by atoms with Crippen molar-refractivity contribution in [3.8, 4) is 0 Å². The fraction of sp³-hybridized carbons (Fsp3) is 0.227. The molecule has 1 amide bonds. The van der Waals surface area contributed by atoms with E-state index in [9.17, 15) is 4.79 Å². The van der Waals surface area contributed by atoms with Gasteiger partial charge < -0.3 is 13.9 Å². The standard InChI is InChI=1S/C22H20N4O2/c1-25-14-23-17-12-16(7-8-19(17)25)22(27)26-10-9-20-18(13-26)24-21(28-20)11-15-5-3-2-4-6-15/h2-8,12,14H,9-11,13H2,1H3. The molecule has 5 rings (SSSR count). The second kappa shape index (κ2) is 6.64. The van der Waals surface area contributed by atoms with E-state index in [-0.39, 0.29) is 5.91 Å². The number of benzene rings is 2. The average molecular weight is 372 g/mol. The van der Waals surface area contributed by atoms with E-state index in [0.717, 1.165) is 28.1 Å². The Hall–Kier alpha value is -3.41. The molecule has 0 N–H and O–H groups in total. The summed E-state index contributed by atoms with van der Waals surface area (Å²) in [6, 6.07) is 15.8. The van der Waals surface area contributed by atoms with E-state index in [1.807, 2.05) is 52.9 Å². The van der Waals surface area contributed by atoms with Crippen molar-refractivity contribution in [3.63, 3.8) is 0 Å². The maximum Gasteiger partial charge on any atom is 0.254 e. The molecule has 2 aromatic heterocycles. The summed E-state index contributed by atoms with van der Waals surface area (Å²) in [5.41, 5.74) is 4.53. The van der Waals surface area contributed by atoms with Gasteiger partial charge >= 0.3 is 0 Å². The molecular formula is C22H20N4O2. The molecule has 6 heteroatoms. The summed E-state index contributed by atoms with van der Waals surface area (Å²) >= 11 is 0. The van der Waals surface area contributed by atoms with Crippen LogP contribution in [0.25, 0.3) is 11.0 Å². The van der Waals surface area contributed by atoms with Gasteiger partial charge in [-0.05, 0) is 23.8 Å². The third kappa shape index (κ3) is 2.97. The summed E-state index contributed by atoms with van der Waals surface area (Å²) in [5.74, 6) is 1.61. The van der Waals surface area contributed by atoms with Crippen molar-refractivity contribution in [1.82, 2.24) is 19.4 Å². The SMILES string of the molecule is Cn1cnc2cc(C(=O)N3CCc4oc(Cc5ccccc5)nc4C3)ccc21. The van der Waals surface area contributed by atoms with Crippen molar-refractivity contribution < 1.29 is 9.21 Å². The van der Waals surface area contributed by atoms with Crippen LogP contribution < -0.4 is 0 Å². The van der Waals surface area contributed by atoms with Crippen molar-refractivity contribution in [2.24, 2.45) is 7.05 Å². The monoisotopic (exact) mass is 372 g/mol. The van der Waals surface area contributed by atoms with E-state index in [2.05, 4.69) is 22.1 Å². The molecule has 0 atom stereocenters. The number of fused-ring (bicyclic) bond motifs is 2. The molecule has 0 fully saturated rings. The molecule has 0 saturated carbocycles. The van der Waals surface area contributed by atoms with Crippen LogP contribution in [-0.4, -0.2) is 31.9 Å². The van der Waals surface area contributed by atoms with E-state index in [0.29, 0.717) is 37.4 Å². The molecule has 6 nitrogen and oxygen atoms in total. The number of aromatic nitrogens is 3. The van der Waals surface area contributed by atoms with Crippen molar-refractivity contribution in [2.45, 2.75) is 19.4 Å². The Morgan fingerprint density at radius 3 is 2.89 bits per heavy atom. The number of oxazole rings is 1. The minimum absolute atomic E-state index is 0.00538. The molecule has 0 spiro atoms. The largest absolute Gasteiger partial charge is 0.445 e. The minimum Gasteiger partial charge on any atom is -0.445 e. The minimum atomic E-state index is 0.00538. The molecule has 3 heterocycles. The van der Waals surface area contributed by atoms with Gasteiger partial charge in [-0.25, -0.2) is 9.97 Å². The molecule has 0 radical (unpaired) electrons. The number of carbonyl (C=O) groups excluding carboxylic acids is 1. The first-order valence-electron chi connectivity index (χ1n) is 9.39. The van der Waals surface area contributed by atoms with Gasteiger partial charge in [-0.3, -0.25) is 4.79 Å². The van der Waals surface area contributed by atoms with Gasteiger partial charge in [0, 0.05) is 32.0 Å².